The van der Waals surface area contributed by atoms with E-state index in [2.05, 4.69) is 16.4 Å². The first-order valence-corrected chi connectivity index (χ1v) is 13.3. The van der Waals surface area contributed by atoms with Crippen LogP contribution in [-0.2, 0) is 16.0 Å². The zero-order valence-corrected chi connectivity index (χ0v) is 21.7. The molecule has 2 bridgehead atoms. The molecule has 3 aliphatic heterocycles. The van der Waals surface area contributed by atoms with Gasteiger partial charge < -0.3 is 20.1 Å². The van der Waals surface area contributed by atoms with Crippen LogP contribution in [0, 0.1) is 11.3 Å². The number of nitrogens with one attached hydrogen (secondary N) is 2. The number of nitrogens with zero attached hydrogens (tertiary/aromatic N) is 2. The van der Waals surface area contributed by atoms with Gasteiger partial charge in [0.15, 0.2) is 5.78 Å². The first kappa shape index (κ1) is 23.8. The van der Waals surface area contributed by atoms with Crippen LogP contribution < -0.4 is 5.32 Å². The largest absolute Gasteiger partial charge is 0.373 e. The minimum atomic E-state index is -0.430. The van der Waals surface area contributed by atoms with Gasteiger partial charge in [0.25, 0.3) is 0 Å². The standard InChI is InChI=1S/C30H34N4O3/c1-30(2,3)22(15-27(35)25-12-18-8-4-6-10-23(18)31-25)28(36)33-16-21-14-20(33)17-34(21)29(37)26-13-19-9-5-7-11-24(19)32-26/h4-12,20-22,26,31-32H,13-17H2,1-3H3/t20-,21-,22+,26-/m0/s1. The second-order valence-corrected chi connectivity index (χ2v) is 11.9. The molecule has 4 heterocycles. The average Bonchev–Trinajstić information content (AvgIpc) is 3.66. The number of hydrogen-bond acceptors (Lipinski definition) is 4. The van der Waals surface area contributed by atoms with Crippen LogP contribution in [0.2, 0.25) is 0 Å². The normalized spacial score (nSPS) is 23.3. The van der Waals surface area contributed by atoms with Crippen molar-refractivity contribution in [2.24, 2.45) is 11.3 Å². The number of carbonyl (C=O) groups excluding carboxylic acids is 3. The number of H-pyrrole nitrogens is 1. The Balaban J connectivity index is 1.13. The molecule has 3 aliphatic rings. The highest BCUT2D eigenvalue weighted by atomic mass is 16.2. The van der Waals surface area contributed by atoms with Gasteiger partial charge in [0.2, 0.25) is 11.8 Å². The molecule has 37 heavy (non-hydrogen) atoms. The number of para-hydroxylation sites is 2. The van der Waals surface area contributed by atoms with Crippen molar-refractivity contribution in [2.75, 3.05) is 18.4 Å². The number of aromatic nitrogens is 1. The van der Waals surface area contributed by atoms with E-state index in [1.165, 1.54) is 5.56 Å². The SMILES string of the molecule is CC(C)(C)[C@H](CC(=O)c1cc2ccccc2[nH]1)C(=O)N1C[C@@H]2C[C@H]1CN2C(=O)[C@@H]1Cc2ccccc2N1. The summed E-state index contributed by atoms with van der Waals surface area (Å²) in [6.07, 6.45) is 1.67. The Kier molecular flexibility index (Phi) is 5.62. The van der Waals surface area contributed by atoms with Crippen molar-refractivity contribution in [1.29, 1.82) is 0 Å². The van der Waals surface area contributed by atoms with Crippen LogP contribution in [0.25, 0.3) is 10.9 Å². The summed E-state index contributed by atoms with van der Waals surface area (Å²) >= 11 is 0. The second kappa shape index (κ2) is 8.75. The van der Waals surface area contributed by atoms with E-state index < -0.39 is 5.92 Å². The number of likely N-dealkylation sites (tertiary alicyclic amines) is 2. The lowest BCUT2D eigenvalue weighted by molar-refractivity contribution is -0.145. The Morgan fingerprint density at radius 2 is 1.68 bits per heavy atom. The number of rotatable bonds is 5. The maximum atomic E-state index is 13.9. The van der Waals surface area contributed by atoms with Crippen molar-refractivity contribution in [2.45, 2.75) is 58.2 Å². The number of carbonyl (C=O) groups is 3. The maximum Gasteiger partial charge on any atom is 0.245 e. The van der Waals surface area contributed by atoms with E-state index in [0.29, 0.717) is 25.2 Å². The van der Waals surface area contributed by atoms with Gasteiger partial charge in [-0.05, 0) is 35.6 Å². The van der Waals surface area contributed by atoms with Gasteiger partial charge in [0, 0.05) is 42.5 Å². The topological polar surface area (TPSA) is 85.5 Å². The number of anilines is 1. The van der Waals surface area contributed by atoms with Gasteiger partial charge in [-0.3, -0.25) is 14.4 Å². The molecule has 6 rings (SSSR count). The van der Waals surface area contributed by atoms with E-state index in [-0.39, 0.29) is 47.6 Å². The van der Waals surface area contributed by atoms with Crippen LogP contribution in [0.5, 0.6) is 0 Å². The van der Waals surface area contributed by atoms with Crippen molar-refractivity contribution in [1.82, 2.24) is 14.8 Å². The molecular formula is C30H34N4O3. The molecule has 2 N–H and O–H groups in total. The van der Waals surface area contributed by atoms with Gasteiger partial charge in [-0.25, -0.2) is 0 Å². The summed E-state index contributed by atoms with van der Waals surface area (Å²) in [5, 5.41) is 4.37. The van der Waals surface area contributed by atoms with Gasteiger partial charge in [-0.1, -0.05) is 57.2 Å². The highest BCUT2D eigenvalue weighted by Gasteiger charge is 2.50. The fourth-order valence-electron chi connectivity index (χ4n) is 6.34. The highest BCUT2D eigenvalue weighted by Crippen LogP contribution is 2.38. The van der Waals surface area contributed by atoms with Crippen molar-refractivity contribution >= 4 is 34.2 Å². The van der Waals surface area contributed by atoms with Gasteiger partial charge in [0.05, 0.1) is 23.7 Å². The van der Waals surface area contributed by atoms with Crippen molar-refractivity contribution in [3.8, 4) is 0 Å². The van der Waals surface area contributed by atoms with Crippen molar-refractivity contribution in [3.05, 3.63) is 65.9 Å². The monoisotopic (exact) mass is 498 g/mol. The lowest BCUT2D eigenvalue weighted by Crippen LogP contribution is -2.55. The minimum Gasteiger partial charge on any atom is -0.373 e. The first-order valence-electron chi connectivity index (χ1n) is 13.3. The minimum absolute atomic E-state index is 0.0123. The van der Waals surface area contributed by atoms with Crippen LogP contribution in [0.15, 0.2) is 54.6 Å². The Morgan fingerprint density at radius 1 is 0.973 bits per heavy atom. The third kappa shape index (κ3) is 4.20. The van der Waals surface area contributed by atoms with E-state index in [0.717, 1.165) is 23.0 Å². The highest BCUT2D eigenvalue weighted by molar-refractivity contribution is 6.01. The van der Waals surface area contributed by atoms with Gasteiger partial charge >= 0.3 is 0 Å². The Labute approximate surface area is 217 Å². The van der Waals surface area contributed by atoms with E-state index in [1.807, 2.05) is 79.1 Å². The average molecular weight is 499 g/mol. The molecule has 0 saturated carbocycles. The third-order valence-electron chi connectivity index (χ3n) is 8.44. The Hall–Kier alpha value is -3.61. The molecule has 0 unspecified atom stereocenters. The lowest BCUT2D eigenvalue weighted by Gasteiger charge is -2.39. The fraction of sp³-hybridized carbons (Fsp3) is 0.433. The van der Waals surface area contributed by atoms with Crippen molar-refractivity contribution in [3.63, 3.8) is 0 Å². The van der Waals surface area contributed by atoms with Crippen LogP contribution in [0.4, 0.5) is 5.69 Å². The summed E-state index contributed by atoms with van der Waals surface area (Å²) < 4.78 is 0. The van der Waals surface area contributed by atoms with Gasteiger partial charge in [-0.2, -0.15) is 0 Å². The molecule has 2 saturated heterocycles. The summed E-state index contributed by atoms with van der Waals surface area (Å²) in [6, 6.07) is 17.6. The maximum absolute atomic E-state index is 13.9. The lowest BCUT2D eigenvalue weighted by atomic mass is 9.76. The molecule has 7 heteroatoms. The summed E-state index contributed by atoms with van der Waals surface area (Å²) in [4.78, 5) is 47.6. The molecular weight excluding hydrogens is 464 g/mol. The molecule has 0 radical (unpaired) electrons. The summed E-state index contributed by atoms with van der Waals surface area (Å²) in [6.45, 7) is 7.20. The summed E-state index contributed by atoms with van der Waals surface area (Å²) in [5.41, 5.74) is 3.32. The number of ketones is 1. The van der Waals surface area contributed by atoms with E-state index in [4.69, 9.17) is 0 Å². The third-order valence-corrected chi connectivity index (χ3v) is 8.44. The molecule has 1 aromatic heterocycles. The zero-order valence-electron chi connectivity index (χ0n) is 21.7. The predicted molar refractivity (Wildman–Crippen MR) is 143 cm³/mol. The van der Waals surface area contributed by atoms with Crippen LogP contribution in [0.3, 0.4) is 0 Å². The number of Topliss-reactive ketones (excluding diaryl/α,β-unsaturated/α-hetero) is 1. The predicted octanol–water partition coefficient (Wildman–Crippen LogP) is 4.25. The van der Waals surface area contributed by atoms with Gasteiger partial charge in [0.1, 0.15) is 6.04 Å². The molecule has 7 nitrogen and oxygen atoms in total. The smallest absolute Gasteiger partial charge is 0.245 e. The van der Waals surface area contributed by atoms with E-state index >= 15 is 0 Å². The van der Waals surface area contributed by atoms with Crippen LogP contribution >= 0.6 is 0 Å². The molecule has 0 aliphatic carbocycles. The first-order chi connectivity index (χ1) is 17.7. The Bertz CT molecular complexity index is 1330. The molecule has 0 spiro atoms. The van der Waals surface area contributed by atoms with E-state index in [9.17, 15) is 14.4 Å². The Morgan fingerprint density at radius 3 is 2.38 bits per heavy atom. The molecule has 4 atom stereocenters. The van der Waals surface area contributed by atoms with Crippen LogP contribution in [0.1, 0.15) is 49.7 Å². The number of amides is 2. The number of fused-ring (bicyclic) bond motifs is 4. The van der Waals surface area contributed by atoms with Gasteiger partial charge in [-0.15, -0.1) is 0 Å². The molecule has 3 aromatic rings. The molecule has 2 aromatic carbocycles. The fourth-order valence-corrected chi connectivity index (χ4v) is 6.34. The number of benzene rings is 2. The van der Waals surface area contributed by atoms with Crippen molar-refractivity contribution < 1.29 is 14.4 Å². The number of hydrogen-bond donors (Lipinski definition) is 2. The molecule has 2 amide bonds. The summed E-state index contributed by atoms with van der Waals surface area (Å²) in [5.74, 6) is -0.321. The quantitative estimate of drug-likeness (QED) is 0.515. The van der Waals surface area contributed by atoms with Crippen LogP contribution in [-0.4, -0.2) is 63.6 Å². The molecule has 2 fully saturated rings. The molecule has 192 valence electrons. The number of piperazine rings is 1. The number of aromatic amines is 1. The second-order valence-electron chi connectivity index (χ2n) is 11.9. The summed E-state index contributed by atoms with van der Waals surface area (Å²) in [7, 11) is 0. The zero-order chi connectivity index (χ0) is 25.9. The van der Waals surface area contributed by atoms with E-state index in [1.54, 1.807) is 0 Å².